The lowest BCUT2D eigenvalue weighted by Crippen LogP contribution is -2.39. The molecule has 0 bridgehead atoms. The molecule has 39 heavy (non-hydrogen) atoms. The predicted molar refractivity (Wildman–Crippen MR) is 156 cm³/mol. The molecule has 7 nitrogen and oxygen atoms in total. The molecular weight excluding hydrogens is 555 g/mol. The predicted octanol–water partition coefficient (Wildman–Crippen LogP) is 6.05. The summed E-state index contributed by atoms with van der Waals surface area (Å²) in [7, 11) is -3.94. The number of nitrogens with one attached hydrogen (secondary N) is 1. The Morgan fingerprint density at radius 3 is 2.33 bits per heavy atom. The lowest BCUT2D eigenvalue weighted by molar-refractivity contribution is -0.121. The van der Waals surface area contributed by atoms with Crippen LogP contribution in [0.5, 0.6) is 0 Å². The molecule has 0 saturated heterocycles. The monoisotopic (exact) mass is 582 g/mol. The van der Waals surface area contributed by atoms with Gasteiger partial charge in [-0.15, -0.1) is 0 Å². The quantitative estimate of drug-likeness (QED) is 0.192. The minimum Gasteiger partial charge on any atom is -0.316 e. The van der Waals surface area contributed by atoms with Gasteiger partial charge in [0.05, 0.1) is 28.4 Å². The molecule has 0 unspecified atom stereocenters. The molecule has 1 amide bonds. The molecule has 0 radical (unpaired) electrons. The Bertz CT molecular complexity index is 1620. The standard InChI is InChI=1S/C29H28Cl2N4O3S/c1-20-9-12-26(13-10-20)39(37,38)34(18-23-7-5-4-6-8-23)19-29(36)33-32-17-24-15-21(2)35(22(24)3)28-14-11-25(30)16-27(28)31/h4-17H,18-19H2,1-3H3,(H,33,36)/b32-17+. The fourth-order valence-corrected chi connectivity index (χ4v) is 6.07. The van der Waals surface area contributed by atoms with Crippen molar-refractivity contribution in [2.24, 2.45) is 5.10 Å². The Labute approximate surface area is 238 Å². The summed E-state index contributed by atoms with van der Waals surface area (Å²) in [5.74, 6) is -0.563. The summed E-state index contributed by atoms with van der Waals surface area (Å²) in [5, 5.41) is 5.15. The van der Waals surface area contributed by atoms with Crippen LogP contribution in [-0.4, -0.2) is 36.0 Å². The number of hydrogen-bond donors (Lipinski definition) is 1. The average molecular weight is 584 g/mol. The summed E-state index contributed by atoms with van der Waals surface area (Å²) in [6.07, 6.45) is 1.52. The zero-order valence-electron chi connectivity index (χ0n) is 21.7. The minimum absolute atomic E-state index is 0.0389. The van der Waals surface area contributed by atoms with Crippen LogP contribution in [-0.2, 0) is 21.4 Å². The number of hydrogen-bond acceptors (Lipinski definition) is 4. The van der Waals surface area contributed by atoms with Gasteiger partial charge >= 0.3 is 0 Å². The number of sulfonamides is 1. The second kappa shape index (κ2) is 12.2. The lowest BCUT2D eigenvalue weighted by atomic mass is 10.2. The van der Waals surface area contributed by atoms with Gasteiger partial charge in [0.25, 0.3) is 5.91 Å². The highest BCUT2D eigenvalue weighted by Gasteiger charge is 2.27. The van der Waals surface area contributed by atoms with E-state index >= 15 is 0 Å². The van der Waals surface area contributed by atoms with E-state index in [1.54, 1.807) is 36.4 Å². The van der Waals surface area contributed by atoms with E-state index in [0.717, 1.165) is 38.1 Å². The van der Waals surface area contributed by atoms with Crippen molar-refractivity contribution in [1.29, 1.82) is 0 Å². The van der Waals surface area contributed by atoms with Crippen LogP contribution in [0.15, 0.2) is 88.9 Å². The van der Waals surface area contributed by atoms with E-state index in [0.29, 0.717) is 10.0 Å². The lowest BCUT2D eigenvalue weighted by Gasteiger charge is -2.21. The van der Waals surface area contributed by atoms with Crippen molar-refractivity contribution in [3.05, 3.63) is 117 Å². The number of aryl methyl sites for hydroxylation is 2. The molecule has 3 aromatic carbocycles. The molecular formula is C29H28Cl2N4O3S. The first-order chi connectivity index (χ1) is 18.6. The molecule has 0 fully saturated rings. The maximum atomic E-state index is 13.4. The highest BCUT2D eigenvalue weighted by atomic mass is 35.5. The van der Waals surface area contributed by atoms with Gasteiger partial charge in [0.1, 0.15) is 0 Å². The number of rotatable bonds is 9. The topological polar surface area (TPSA) is 83.8 Å². The van der Waals surface area contributed by atoms with E-state index in [1.165, 1.54) is 6.21 Å². The smallest absolute Gasteiger partial charge is 0.255 e. The van der Waals surface area contributed by atoms with Gasteiger partial charge < -0.3 is 4.57 Å². The van der Waals surface area contributed by atoms with Crippen LogP contribution in [0.2, 0.25) is 10.0 Å². The van der Waals surface area contributed by atoms with E-state index in [1.807, 2.05) is 67.8 Å². The summed E-state index contributed by atoms with van der Waals surface area (Å²) < 4.78 is 30.0. The fourth-order valence-electron chi connectivity index (χ4n) is 4.19. The van der Waals surface area contributed by atoms with Crippen molar-refractivity contribution in [3.8, 4) is 5.69 Å². The molecule has 0 saturated carbocycles. The second-order valence-corrected chi connectivity index (χ2v) is 11.9. The van der Waals surface area contributed by atoms with Crippen LogP contribution in [0.25, 0.3) is 5.69 Å². The van der Waals surface area contributed by atoms with Crippen LogP contribution in [0, 0.1) is 20.8 Å². The van der Waals surface area contributed by atoms with Gasteiger partial charge in [-0.25, -0.2) is 13.8 Å². The average Bonchev–Trinajstić information content (AvgIpc) is 3.17. The third-order valence-corrected chi connectivity index (χ3v) is 8.54. The van der Waals surface area contributed by atoms with Gasteiger partial charge in [-0.05, 0) is 62.7 Å². The molecule has 1 heterocycles. The van der Waals surface area contributed by atoms with E-state index in [-0.39, 0.29) is 11.4 Å². The van der Waals surface area contributed by atoms with Crippen molar-refractivity contribution in [3.63, 3.8) is 0 Å². The zero-order valence-corrected chi connectivity index (χ0v) is 24.1. The first-order valence-corrected chi connectivity index (χ1v) is 14.3. The largest absolute Gasteiger partial charge is 0.316 e. The summed E-state index contributed by atoms with van der Waals surface area (Å²) in [6, 6.07) is 22.9. The molecule has 10 heteroatoms. The molecule has 0 atom stereocenters. The highest BCUT2D eigenvalue weighted by molar-refractivity contribution is 7.89. The van der Waals surface area contributed by atoms with Gasteiger partial charge in [0.15, 0.2) is 0 Å². The third-order valence-electron chi connectivity index (χ3n) is 6.19. The number of hydrazone groups is 1. The zero-order chi connectivity index (χ0) is 28.2. The van der Waals surface area contributed by atoms with Crippen molar-refractivity contribution in [2.75, 3.05) is 6.54 Å². The number of aromatic nitrogens is 1. The number of benzene rings is 3. The Hall–Kier alpha value is -3.43. The van der Waals surface area contributed by atoms with E-state index in [4.69, 9.17) is 23.2 Å². The maximum absolute atomic E-state index is 13.4. The van der Waals surface area contributed by atoms with Crippen molar-refractivity contribution < 1.29 is 13.2 Å². The number of amides is 1. The Morgan fingerprint density at radius 1 is 0.974 bits per heavy atom. The maximum Gasteiger partial charge on any atom is 0.255 e. The van der Waals surface area contributed by atoms with Crippen LogP contribution in [0.4, 0.5) is 0 Å². The highest BCUT2D eigenvalue weighted by Crippen LogP contribution is 2.28. The minimum atomic E-state index is -3.94. The van der Waals surface area contributed by atoms with Crippen LogP contribution < -0.4 is 5.43 Å². The second-order valence-electron chi connectivity index (χ2n) is 9.12. The summed E-state index contributed by atoms with van der Waals surface area (Å²) >= 11 is 12.5. The number of carbonyl (C=O) groups excluding carboxylic acids is 1. The molecule has 1 N–H and O–H groups in total. The molecule has 1 aromatic heterocycles. The molecule has 0 aliphatic carbocycles. The van der Waals surface area contributed by atoms with Crippen LogP contribution in [0.3, 0.4) is 0 Å². The number of nitrogens with zero attached hydrogens (tertiary/aromatic N) is 3. The summed E-state index contributed by atoms with van der Waals surface area (Å²) in [4.78, 5) is 13.0. The van der Waals surface area contributed by atoms with Crippen LogP contribution in [0.1, 0.15) is 28.1 Å². The SMILES string of the molecule is Cc1ccc(S(=O)(=O)N(CC(=O)N/N=C/c2cc(C)n(-c3ccc(Cl)cc3Cl)c2C)Cc2ccccc2)cc1. The summed E-state index contributed by atoms with van der Waals surface area (Å²) in [6.45, 7) is 5.37. The summed E-state index contributed by atoms with van der Waals surface area (Å²) in [5.41, 5.74) is 7.50. The number of halogens is 2. The van der Waals surface area contributed by atoms with Crippen molar-refractivity contribution in [1.82, 2.24) is 14.3 Å². The first-order valence-electron chi connectivity index (χ1n) is 12.1. The van der Waals surface area contributed by atoms with E-state index in [2.05, 4.69) is 10.5 Å². The Balaban J connectivity index is 1.52. The van der Waals surface area contributed by atoms with Crippen LogP contribution >= 0.6 is 23.2 Å². The van der Waals surface area contributed by atoms with Crippen molar-refractivity contribution >= 4 is 45.3 Å². The first kappa shape index (κ1) is 28.6. The molecule has 4 aromatic rings. The molecule has 202 valence electrons. The molecule has 0 spiro atoms. The molecule has 0 aliphatic heterocycles. The Kier molecular flexibility index (Phi) is 8.92. The molecule has 4 rings (SSSR count). The third kappa shape index (κ3) is 6.78. The van der Waals surface area contributed by atoms with Gasteiger partial charge in [-0.2, -0.15) is 9.41 Å². The molecule has 0 aliphatic rings. The van der Waals surface area contributed by atoms with Gasteiger partial charge in [0.2, 0.25) is 10.0 Å². The fraction of sp³-hybridized carbons (Fsp3) is 0.172. The normalized spacial score (nSPS) is 11.8. The van der Waals surface area contributed by atoms with Gasteiger partial charge in [-0.1, -0.05) is 71.2 Å². The Morgan fingerprint density at radius 2 is 1.67 bits per heavy atom. The van der Waals surface area contributed by atoms with Gasteiger partial charge in [0, 0.05) is 28.5 Å². The van der Waals surface area contributed by atoms with E-state index < -0.39 is 22.5 Å². The van der Waals surface area contributed by atoms with E-state index in [9.17, 15) is 13.2 Å². The number of carbonyl (C=O) groups is 1. The van der Waals surface area contributed by atoms with Crippen molar-refractivity contribution in [2.45, 2.75) is 32.2 Å². The van der Waals surface area contributed by atoms with Gasteiger partial charge in [-0.3, -0.25) is 4.79 Å².